The van der Waals surface area contributed by atoms with E-state index in [-0.39, 0.29) is 30.1 Å². The second-order valence-electron chi connectivity index (χ2n) is 6.52. The van der Waals surface area contributed by atoms with Gasteiger partial charge in [-0.25, -0.2) is 0 Å². The van der Waals surface area contributed by atoms with E-state index in [0.29, 0.717) is 12.0 Å². The SMILES string of the molecule is CN=C(NCC1CCCOC1c1ccccc1)NC1CC1C.I. The molecule has 1 aliphatic heterocycles. The molecule has 4 atom stereocenters. The third-order valence-electron chi connectivity index (χ3n) is 4.76. The summed E-state index contributed by atoms with van der Waals surface area (Å²) in [6.07, 6.45) is 3.78. The van der Waals surface area contributed by atoms with Gasteiger partial charge in [0.15, 0.2) is 5.96 Å². The minimum atomic E-state index is 0. The number of benzene rings is 1. The second-order valence-corrected chi connectivity index (χ2v) is 6.52. The van der Waals surface area contributed by atoms with E-state index in [1.54, 1.807) is 0 Å². The van der Waals surface area contributed by atoms with E-state index in [2.05, 4.69) is 52.9 Å². The van der Waals surface area contributed by atoms with E-state index in [1.165, 1.54) is 18.4 Å². The van der Waals surface area contributed by atoms with Gasteiger partial charge in [-0.15, -0.1) is 24.0 Å². The van der Waals surface area contributed by atoms with Gasteiger partial charge in [0, 0.05) is 32.2 Å². The van der Waals surface area contributed by atoms with Gasteiger partial charge in [0.05, 0.1) is 6.10 Å². The van der Waals surface area contributed by atoms with E-state index in [1.807, 2.05) is 7.05 Å². The lowest BCUT2D eigenvalue weighted by molar-refractivity contribution is -0.0265. The van der Waals surface area contributed by atoms with Crippen LogP contribution in [0.5, 0.6) is 0 Å². The molecule has 1 saturated carbocycles. The van der Waals surface area contributed by atoms with Gasteiger partial charge < -0.3 is 15.4 Å². The molecule has 2 fully saturated rings. The fourth-order valence-electron chi connectivity index (χ4n) is 3.18. The smallest absolute Gasteiger partial charge is 0.191 e. The Labute approximate surface area is 156 Å². The molecule has 4 nitrogen and oxygen atoms in total. The first-order valence-corrected chi connectivity index (χ1v) is 8.41. The van der Waals surface area contributed by atoms with Gasteiger partial charge in [-0.1, -0.05) is 37.3 Å². The van der Waals surface area contributed by atoms with Crippen molar-refractivity contribution in [3.8, 4) is 0 Å². The Morgan fingerprint density at radius 1 is 1.30 bits per heavy atom. The number of nitrogens with one attached hydrogen (secondary N) is 2. The van der Waals surface area contributed by atoms with Crippen LogP contribution in [0.15, 0.2) is 35.3 Å². The van der Waals surface area contributed by atoms with Crippen LogP contribution in [-0.2, 0) is 4.74 Å². The molecule has 0 amide bonds. The third kappa shape index (κ3) is 5.08. The quantitative estimate of drug-likeness (QED) is 0.439. The molecule has 3 rings (SSSR count). The summed E-state index contributed by atoms with van der Waals surface area (Å²) < 4.78 is 6.05. The fraction of sp³-hybridized carbons (Fsp3) is 0.611. The summed E-state index contributed by atoms with van der Waals surface area (Å²) in [4.78, 5) is 4.34. The fourth-order valence-corrected chi connectivity index (χ4v) is 3.18. The predicted octanol–water partition coefficient (Wildman–Crippen LogP) is 3.35. The second kappa shape index (κ2) is 8.87. The molecule has 1 aromatic rings. The van der Waals surface area contributed by atoms with Crippen LogP contribution in [-0.4, -0.2) is 32.2 Å². The van der Waals surface area contributed by atoms with Crippen LogP contribution in [0.2, 0.25) is 0 Å². The van der Waals surface area contributed by atoms with Crippen molar-refractivity contribution in [2.45, 2.75) is 38.3 Å². The number of halogens is 1. The normalized spacial score (nSPS) is 30.3. The van der Waals surface area contributed by atoms with Crippen molar-refractivity contribution in [3.63, 3.8) is 0 Å². The van der Waals surface area contributed by atoms with Gasteiger partial charge in [-0.05, 0) is 30.7 Å². The van der Waals surface area contributed by atoms with Gasteiger partial charge in [-0.2, -0.15) is 0 Å². The summed E-state index contributed by atoms with van der Waals surface area (Å²) in [6.45, 7) is 4.04. The molecule has 0 spiro atoms. The summed E-state index contributed by atoms with van der Waals surface area (Å²) in [5, 5.41) is 6.97. The zero-order valence-corrected chi connectivity index (χ0v) is 16.3. The molecular weight excluding hydrogens is 401 g/mol. The van der Waals surface area contributed by atoms with Crippen LogP contribution in [0, 0.1) is 11.8 Å². The molecular formula is C18H28IN3O. The molecule has 0 bridgehead atoms. The Morgan fingerprint density at radius 3 is 2.70 bits per heavy atom. The lowest BCUT2D eigenvalue weighted by Gasteiger charge is -2.32. The van der Waals surface area contributed by atoms with Gasteiger partial charge in [0.2, 0.25) is 0 Å². The number of rotatable bonds is 4. The number of ether oxygens (including phenoxy) is 1. The molecule has 0 aromatic heterocycles. The van der Waals surface area contributed by atoms with Crippen molar-refractivity contribution in [2.24, 2.45) is 16.8 Å². The van der Waals surface area contributed by atoms with Crippen LogP contribution in [0.3, 0.4) is 0 Å². The number of hydrogen-bond donors (Lipinski definition) is 2. The highest BCUT2D eigenvalue weighted by molar-refractivity contribution is 14.0. The summed E-state index contributed by atoms with van der Waals surface area (Å²) in [5.41, 5.74) is 1.28. The molecule has 2 N–H and O–H groups in total. The minimum absolute atomic E-state index is 0. The van der Waals surface area contributed by atoms with Crippen molar-refractivity contribution >= 4 is 29.9 Å². The molecule has 1 saturated heterocycles. The zero-order valence-electron chi connectivity index (χ0n) is 14.0. The van der Waals surface area contributed by atoms with E-state index < -0.39 is 0 Å². The Hall–Kier alpha value is -0.820. The lowest BCUT2D eigenvalue weighted by Crippen LogP contribution is -2.43. The highest BCUT2D eigenvalue weighted by Crippen LogP contribution is 2.33. The highest BCUT2D eigenvalue weighted by atomic mass is 127. The predicted molar refractivity (Wildman–Crippen MR) is 105 cm³/mol. The zero-order chi connectivity index (χ0) is 15.4. The van der Waals surface area contributed by atoms with Gasteiger partial charge >= 0.3 is 0 Å². The molecule has 23 heavy (non-hydrogen) atoms. The molecule has 0 radical (unpaired) electrons. The average Bonchev–Trinajstić information content (AvgIpc) is 3.27. The largest absolute Gasteiger partial charge is 0.373 e. The summed E-state index contributed by atoms with van der Waals surface area (Å²) in [7, 11) is 1.84. The summed E-state index contributed by atoms with van der Waals surface area (Å²) >= 11 is 0. The number of guanidine groups is 1. The standard InChI is InChI=1S/C18H27N3O.HI/c1-13-11-16(13)21-18(19-2)20-12-15-9-6-10-22-17(15)14-7-4-3-5-8-14;/h3-5,7-8,13,15-17H,6,9-12H2,1-2H3,(H2,19,20,21);1H. The maximum absolute atomic E-state index is 6.05. The maximum atomic E-state index is 6.05. The maximum Gasteiger partial charge on any atom is 0.191 e. The van der Waals surface area contributed by atoms with Crippen molar-refractivity contribution in [1.82, 2.24) is 10.6 Å². The molecule has 1 aromatic carbocycles. The van der Waals surface area contributed by atoms with Gasteiger partial charge in [-0.3, -0.25) is 4.99 Å². The Morgan fingerprint density at radius 2 is 2.04 bits per heavy atom. The molecule has 2 aliphatic rings. The Balaban J connectivity index is 0.00000192. The first-order chi connectivity index (χ1) is 10.8. The van der Waals surface area contributed by atoms with Crippen LogP contribution >= 0.6 is 24.0 Å². The molecule has 5 heteroatoms. The van der Waals surface area contributed by atoms with Crippen molar-refractivity contribution in [2.75, 3.05) is 20.2 Å². The van der Waals surface area contributed by atoms with Crippen molar-refractivity contribution < 1.29 is 4.74 Å². The van der Waals surface area contributed by atoms with Gasteiger partial charge in [0.25, 0.3) is 0 Å². The first kappa shape index (κ1) is 18.5. The van der Waals surface area contributed by atoms with E-state index >= 15 is 0 Å². The number of aliphatic imine (C=N–C) groups is 1. The van der Waals surface area contributed by atoms with Crippen LogP contribution < -0.4 is 10.6 Å². The van der Waals surface area contributed by atoms with Gasteiger partial charge in [0.1, 0.15) is 0 Å². The average molecular weight is 429 g/mol. The molecule has 1 heterocycles. The van der Waals surface area contributed by atoms with Crippen molar-refractivity contribution in [3.05, 3.63) is 35.9 Å². The molecule has 1 aliphatic carbocycles. The van der Waals surface area contributed by atoms with Crippen molar-refractivity contribution in [1.29, 1.82) is 0 Å². The van der Waals surface area contributed by atoms with Crippen LogP contribution in [0.4, 0.5) is 0 Å². The molecule has 4 unspecified atom stereocenters. The Bertz CT molecular complexity index is 508. The highest BCUT2D eigenvalue weighted by Gasteiger charge is 2.33. The van der Waals surface area contributed by atoms with Crippen LogP contribution in [0.25, 0.3) is 0 Å². The molecule has 128 valence electrons. The van der Waals surface area contributed by atoms with Crippen LogP contribution in [0.1, 0.15) is 37.9 Å². The van der Waals surface area contributed by atoms with E-state index in [0.717, 1.165) is 31.4 Å². The minimum Gasteiger partial charge on any atom is -0.373 e. The number of hydrogen-bond acceptors (Lipinski definition) is 2. The monoisotopic (exact) mass is 429 g/mol. The summed E-state index contributed by atoms with van der Waals surface area (Å²) in [5.74, 6) is 2.19. The third-order valence-corrected chi connectivity index (χ3v) is 4.76. The number of nitrogens with zero attached hydrogens (tertiary/aromatic N) is 1. The summed E-state index contributed by atoms with van der Waals surface area (Å²) in [6, 6.07) is 11.2. The topological polar surface area (TPSA) is 45.7 Å². The first-order valence-electron chi connectivity index (χ1n) is 8.41. The lowest BCUT2D eigenvalue weighted by atomic mass is 9.89. The van der Waals surface area contributed by atoms with E-state index in [9.17, 15) is 0 Å². The van der Waals surface area contributed by atoms with E-state index in [4.69, 9.17) is 4.74 Å². The Kier molecular flexibility index (Phi) is 7.14.